The second-order valence-corrected chi connectivity index (χ2v) is 3.94. The summed E-state index contributed by atoms with van der Waals surface area (Å²) in [5.41, 5.74) is 4.14. The molecule has 0 amide bonds. The molecule has 2 heteroatoms. The van der Waals surface area contributed by atoms with Crippen molar-refractivity contribution in [2.45, 2.75) is 19.8 Å². The third kappa shape index (κ3) is 1.69. The lowest BCUT2D eigenvalue weighted by Gasteiger charge is -2.12. The van der Waals surface area contributed by atoms with Gasteiger partial charge in [0.1, 0.15) is 0 Å². The summed E-state index contributed by atoms with van der Waals surface area (Å²) in [6, 6.07) is 6.69. The Hall–Kier alpha value is -1.18. The summed E-state index contributed by atoms with van der Waals surface area (Å²) < 4.78 is 0. The first-order valence-corrected chi connectivity index (χ1v) is 5.39. The maximum Gasteiger partial charge on any atom is 0.0398 e. The molecule has 0 bridgehead atoms. The third-order valence-electron chi connectivity index (χ3n) is 2.79. The Morgan fingerprint density at radius 2 is 2.29 bits per heavy atom. The molecule has 1 aliphatic rings. The van der Waals surface area contributed by atoms with Gasteiger partial charge in [-0.2, -0.15) is 0 Å². The van der Waals surface area contributed by atoms with Gasteiger partial charge in [0.2, 0.25) is 0 Å². The van der Waals surface area contributed by atoms with E-state index in [4.69, 9.17) is 0 Å². The largest absolute Gasteiger partial charge is 0.385 e. The quantitative estimate of drug-likeness (QED) is 0.787. The minimum absolute atomic E-state index is 1.06. The summed E-state index contributed by atoms with van der Waals surface area (Å²) in [6.07, 6.45) is 2.37. The van der Waals surface area contributed by atoms with E-state index in [0.29, 0.717) is 0 Å². The molecule has 2 nitrogen and oxygen atoms in total. The van der Waals surface area contributed by atoms with Crippen LogP contribution in [0.1, 0.15) is 18.9 Å². The van der Waals surface area contributed by atoms with E-state index in [1.165, 1.54) is 29.8 Å². The van der Waals surface area contributed by atoms with Crippen LogP contribution >= 0.6 is 0 Å². The second kappa shape index (κ2) is 3.91. The molecule has 0 saturated carbocycles. The van der Waals surface area contributed by atoms with Crippen molar-refractivity contribution >= 4 is 11.4 Å². The van der Waals surface area contributed by atoms with Crippen LogP contribution < -0.4 is 10.2 Å². The van der Waals surface area contributed by atoms with Crippen LogP contribution in [0.15, 0.2) is 18.2 Å². The molecule has 2 rings (SSSR count). The SMILES string of the molecule is CCCNc1ccc2c(c1)CCN2C. The van der Waals surface area contributed by atoms with Crippen LogP contribution in [0.4, 0.5) is 11.4 Å². The molecule has 1 aromatic carbocycles. The molecular weight excluding hydrogens is 172 g/mol. The molecule has 1 heterocycles. The van der Waals surface area contributed by atoms with Gasteiger partial charge < -0.3 is 10.2 Å². The van der Waals surface area contributed by atoms with E-state index in [1.807, 2.05) is 0 Å². The fraction of sp³-hybridized carbons (Fsp3) is 0.500. The molecular formula is C12H18N2. The van der Waals surface area contributed by atoms with Crippen LogP contribution in [0.3, 0.4) is 0 Å². The molecule has 1 aromatic rings. The highest BCUT2D eigenvalue weighted by Gasteiger charge is 2.14. The van der Waals surface area contributed by atoms with Crippen molar-refractivity contribution in [1.29, 1.82) is 0 Å². The Bertz CT molecular complexity index is 320. The van der Waals surface area contributed by atoms with Gasteiger partial charge >= 0.3 is 0 Å². The van der Waals surface area contributed by atoms with Crippen LogP contribution in [0.25, 0.3) is 0 Å². The van der Waals surface area contributed by atoms with Gasteiger partial charge in [-0.15, -0.1) is 0 Å². The number of anilines is 2. The first kappa shape index (κ1) is 9.38. The highest BCUT2D eigenvalue weighted by molar-refractivity contribution is 5.63. The van der Waals surface area contributed by atoms with Crippen molar-refractivity contribution in [3.05, 3.63) is 23.8 Å². The zero-order valence-corrected chi connectivity index (χ0v) is 9.01. The van der Waals surface area contributed by atoms with Gasteiger partial charge in [-0.05, 0) is 36.6 Å². The van der Waals surface area contributed by atoms with E-state index in [2.05, 4.69) is 42.4 Å². The van der Waals surface area contributed by atoms with Crippen molar-refractivity contribution in [1.82, 2.24) is 0 Å². The van der Waals surface area contributed by atoms with Gasteiger partial charge in [-0.1, -0.05) is 6.92 Å². The maximum atomic E-state index is 3.42. The van der Waals surface area contributed by atoms with E-state index in [0.717, 1.165) is 13.1 Å². The van der Waals surface area contributed by atoms with E-state index in [9.17, 15) is 0 Å². The standard InChI is InChI=1S/C12H18N2/c1-3-7-13-11-4-5-12-10(9-11)6-8-14(12)2/h4-5,9,13H,3,6-8H2,1-2H3. The molecule has 0 fully saturated rings. The van der Waals surface area contributed by atoms with Crippen LogP contribution in [0, 0.1) is 0 Å². The molecule has 14 heavy (non-hydrogen) atoms. The summed E-state index contributed by atoms with van der Waals surface area (Å²) in [5, 5.41) is 3.42. The number of hydrogen-bond donors (Lipinski definition) is 1. The number of hydrogen-bond acceptors (Lipinski definition) is 2. The Morgan fingerprint density at radius 3 is 3.07 bits per heavy atom. The minimum atomic E-state index is 1.06. The zero-order chi connectivity index (χ0) is 9.97. The van der Waals surface area contributed by atoms with Crippen LogP contribution in [-0.4, -0.2) is 20.1 Å². The van der Waals surface area contributed by atoms with Crippen molar-refractivity contribution < 1.29 is 0 Å². The fourth-order valence-corrected chi connectivity index (χ4v) is 1.95. The molecule has 1 aliphatic heterocycles. The van der Waals surface area contributed by atoms with E-state index in [1.54, 1.807) is 0 Å². The maximum absolute atomic E-state index is 3.42. The second-order valence-electron chi connectivity index (χ2n) is 3.94. The summed E-state index contributed by atoms with van der Waals surface area (Å²) in [7, 11) is 2.16. The summed E-state index contributed by atoms with van der Waals surface area (Å²) in [4.78, 5) is 2.32. The Morgan fingerprint density at radius 1 is 1.43 bits per heavy atom. The molecule has 0 atom stereocenters. The van der Waals surface area contributed by atoms with Gasteiger partial charge in [0.05, 0.1) is 0 Å². The number of benzene rings is 1. The monoisotopic (exact) mass is 190 g/mol. The van der Waals surface area contributed by atoms with Crippen molar-refractivity contribution in [3.8, 4) is 0 Å². The number of fused-ring (bicyclic) bond motifs is 1. The summed E-state index contributed by atoms with van der Waals surface area (Å²) in [5.74, 6) is 0. The average Bonchev–Trinajstić information content (AvgIpc) is 2.57. The number of nitrogens with zero attached hydrogens (tertiary/aromatic N) is 1. The predicted molar refractivity (Wildman–Crippen MR) is 62.2 cm³/mol. The van der Waals surface area contributed by atoms with E-state index < -0.39 is 0 Å². The van der Waals surface area contributed by atoms with Crippen LogP contribution in [-0.2, 0) is 6.42 Å². The lowest BCUT2D eigenvalue weighted by atomic mass is 10.1. The Kier molecular flexibility index (Phi) is 2.62. The zero-order valence-electron chi connectivity index (χ0n) is 9.01. The predicted octanol–water partition coefficient (Wildman–Crippen LogP) is 2.50. The highest BCUT2D eigenvalue weighted by atomic mass is 15.1. The first-order chi connectivity index (χ1) is 6.81. The van der Waals surface area contributed by atoms with Crippen LogP contribution in [0.5, 0.6) is 0 Å². The Labute approximate surface area is 85.9 Å². The van der Waals surface area contributed by atoms with Crippen molar-refractivity contribution in [3.63, 3.8) is 0 Å². The lowest BCUT2D eigenvalue weighted by Crippen LogP contribution is -2.12. The number of rotatable bonds is 3. The molecule has 0 aromatic heterocycles. The van der Waals surface area contributed by atoms with E-state index >= 15 is 0 Å². The van der Waals surface area contributed by atoms with Gasteiger partial charge in [0.25, 0.3) is 0 Å². The number of likely N-dealkylation sites (N-methyl/N-ethyl adjacent to an activating group) is 1. The molecule has 0 unspecified atom stereocenters. The molecule has 0 aliphatic carbocycles. The normalized spacial score (nSPS) is 14.3. The highest BCUT2D eigenvalue weighted by Crippen LogP contribution is 2.28. The van der Waals surface area contributed by atoms with Gasteiger partial charge in [-0.3, -0.25) is 0 Å². The average molecular weight is 190 g/mol. The first-order valence-electron chi connectivity index (χ1n) is 5.39. The van der Waals surface area contributed by atoms with Gasteiger partial charge in [-0.25, -0.2) is 0 Å². The Balaban J connectivity index is 2.15. The minimum Gasteiger partial charge on any atom is -0.385 e. The molecule has 0 spiro atoms. The topological polar surface area (TPSA) is 15.3 Å². The van der Waals surface area contributed by atoms with Crippen LogP contribution in [0.2, 0.25) is 0 Å². The lowest BCUT2D eigenvalue weighted by molar-refractivity contribution is 0.955. The van der Waals surface area contributed by atoms with Crippen molar-refractivity contribution in [2.24, 2.45) is 0 Å². The van der Waals surface area contributed by atoms with E-state index in [-0.39, 0.29) is 0 Å². The molecule has 76 valence electrons. The number of nitrogens with one attached hydrogen (secondary N) is 1. The van der Waals surface area contributed by atoms with Gasteiger partial charge in [0.15, 0.2) is 0 Å². The fourth-order valence-electron chi connectivity index (χ4n) is 1.95. The molecule has 0 radical (unpaired) electrons. The third-order valence-corrected chi connectivity index (χ3v) is 2.79. The summed E-state index contributed by atoms with van der Waals surface area (Å²) in [6.45, 7) is 4.41. The van der Waals surface area contributed by atoms with Crippen molar-refractivity contribution in [2.75, 3.05) is 30.4 Å². The van der Waals surface area contributed by atoms with Gasteiger partial charge in [0, 0.05) is 31.5 Å². The molecule has 1 N–H and O–H groups in total. The smallest absolute Gasteiger partial charge is 0.0398 e. The molecule has 0 saturated heterocycles. The summed E-state index contributed by atoms with van der Waals surface area (Å²) >= 11 is 0.